The number of alkyl halides is 6. The number of halogens is 6. The van der Waals surface area contributed by atoms with E-state index >= 15 is 0 Å². The number of carbonyl (C=O) groups excluding carboxylic acids is 1. The zero-order valence-corrected chi connectivity index (χ0v) is 21.7. The molecular weight excluding hydrogens is 526 g/mol. The van der Waals surface area contributed by atoms with Crippen LogP contribution in [0.3, 0.4) is 0 Å². The molecule has 0 spiro atoms. The number of Topliss-reactive ketones (excluding diaryl/α,β-unsaturated/α-hetero) is 1. The Kier molecular flexibility index (Phi) is 9.03. The Bertz CT molecular complexity index is 1110. The summed E-state index contributed by atoms with van der Waals surface area (Å²) in [5, 5.41) is 0. The highest BCUT2D eigenvalue weighted by Gasteiger charge is 2.38. The summed E-state index contributed by atoms with van der Waals surface area (Å²) in [4.78, 5) is 24.2. The summed E-state index contributed by atoms with van der Waals surface area (Å²) < 4.78 is 84.7. The smallest absolute Gasteiger partial charge is 0.384 e. The summed E-state index contributed by atoms with van der Waals surface area (Å²) >= 11 is 0. The third-order valence-electron chi connectivity index (χ3n) is 7.38. The number of benzene rings is 1. The Morgan fingerprint density at radius 1 is 0.949 bits per heavy atom. The van der Waals surface area contributed by atoms with E-state index < -0.39 is 29.8 Å². The summed E-state index contributed by atoms with van der Waals surface area (Å²) in [5.41, 5.74) is -0.0469. The first kappa shape index (κ1) is 29.1. The van der Waals surface area contributed by atoms with E-state index in [4.69, 9.17) is 4.74 Å². The first-order valence-electron chi connectivity index (χ1n) is 13.1. The second-order valence-electron chi connectivity index (χ2n) is 10.2. The Balaban J connectivity index is 1.44. The van der Waals surface area contributed by atoms with Crippen LogP contribution in [0, 0.1) is 5.92 Å². The van der Waals surface area contributed by atoms with Gasteiger partial charge in [-0.25, -0.2) is 9.97 Å². The Morgan fingerprint density at radius 3 is 2.23 bits per heavy atom. The molecule has 2 aromatic rings. The largest absolute Gasteiger partial charge is 0.451 e. The number of anilines is 2. The minimum Gasteiger partial charge on any atom is -0.384 e. The second kappa shape index (κ2) is 12.1. The summed E-state index contributed by atoms with van der Waals surface area (Å²) in [6, 6.07) is 5.76. The van der Waals surface area contributed by atoms with Gasteiger partial charge in [0.1, 0.15) is 11.6 Å². The van der Waals surface area contributed by atoms with Crippen LogP contribution < -0.4 is 9.80 Å². The van der Waals surface area contributed by atoms with Crippen LogP contribution in [0.15, 0.2) is 30.3 Å². The first-order chi connectivity index (χ1) is 18.5. The van der Waals surface area contributed by atoms with Crippen LogP contribution in [-0.2, 0) is 28.3 Å². The summed E-state index contributed by atoms with van der Waals surface area (Å²) in [6.45, 7) is 2.11. The van der Waals surface area contributed by atoms with Crippen molar-refractivity contribution in [1.29, 1.82) is 0 Å². The molecule has 0 bridgehead atoms. The van der Waals surface area contributed by atoms with Crippen molar-refractivity contribution in [3.8, 4) is 0 Å². The lowest BCUT2D eigenvalue weighted by molar-refractivity contribution is -0.144. The fraction of sp³-hybridized carbons (Fsp3) is 0.593. The van der Waals surface area contributed by atoms with Crippen molar-refractivity contribution in [2.75, 3.05) is 43.2 Å². The quantitative estimate of drug-likeness (QED) is 0.355. The van der Waals surface area contributed by atoms with Crippen molar-refractivity contribution in [3.05, 3.63) is 47.3 Å². The molecule has 4 rings (SSSR count). The van der Waals surface area contributed by atoms with Crippen molar-refractivity contribution in [2.45, 2.75) is 63.3 Å². The van der Waals surface area contributed by atoms with E-state index in [9.17, 15) is 31.1 Å². The van der Waals surface area contributed by atoms with E-state index in [0.717, 1.165) is 25.0 Å². The zero-order valence-electron chi connectivity index (χ0n) is 21.7. The predicted octanol–water partition coefficient (Wildman–Crippen LogP) is 5.94. The van der Waals surface area contributed by atoms with Crippen LogP contribution in [0.25, 0.3) is 0 Å². The molecule has 0 amide bonds. The molecule has 0 radical (unpaired) electrons. The van der Waals surface area contributed by atoms with Crippen LogP contribution in [0.1, 0.15) is 55.5 Å². The molecule has 0 saturated carbocycles. The van der Waals surface area contributed by atoms with Crippen LogP contribution in [-0.4, -0.2) is 55.1 Å². The molecule has 3 heterocycles. The topological polar surface area (TPSA) is 58.6 Å². The van der Waals surface area contributed by atoms with Gasteiger partial charge in [0.2, 0.25) is 5.82 Å². The first-order valence-corrected chi connectivity index (χ1v) is 13.1. The number of aromatic nitrogens is 2. The van der Waals surface area contributed by atoms with Crippen molar-refractivity contribution < 1.29 is 35.9 Å². The van der Waals surface area contributed by atoms with Crippen molar-refractivity contribution in [2.24, 2.45) is 5.92 Å². The molecule has 0 N–H and O–H groups in total. The predicted molar refractivity (Wildman–Crippen MR) is 134 cm³/mol. The van der Waals surface area contributed by atoms with Gasteiger partial charge in [-0.2, -0.15) is 26.3 Å². The molecule has 214 valence electrons. The number of hydrogen-bond donors (Lipinski definition) is 0. The van der Waals surface area contributed by atoms with E-state index in [0.29, 0.717) is 63.4 Å². The molecule has 0 aliphatic carbocycles. The fourth-order valence-corrected chi connectivity index (χ4v) is 5.29. The number of ether oxygens (including phenoxy) is 1. The van der Waals surface area contributed by atoms with E-state index in [-0.39, 0.29) is 23.8 Å². The van der Waals surface area contributed by atoms with Crippen LogP contribution >= 0.6 is 0 Å². The number of nitrogens with zero attached hydrogens (tertiary/aromatic N) is 4. The maximum absolute atomic E-state index is 13.7. The lowest BCUT2D eigenvalue weighted by atomic mass is 9.98. The van der Waals surface area contributed by atoms with E-state index in [2.05, 4.69) is 9.97 Å². The van der Waals surface area contributed by atoms with Gasteiger partial charge in [0, 0.05) is 45.8 Å². The molecular formula is C27H32F6N4O2. The van der Waals surface area contributed by atoms with Crippen LogP contribution in [0.5, 0.6) is 0 Å². The van der Waals surface area contributed by atoms with E-state index in [1.54, 1.807) is 18.1 Å². The second-order valence-corrected chi connectivity index (χ2v) is 10.2. The van der Waals surface area contributed by atoms with Gasteiger partial charge in [-0.1, -0.05) is 12.1 Å². The van der Waals surface area contributed by atoms with Crippen molar-refractivity contribution in [1.82, 2.24) is 9.97 Å². The van der Waals surface area contributed by atoms with E-state index in [1.165, 1.54) is 12.1 Å². The zero-order chi connectivity index (χ0) is 28.2. The highest BCUT2D eigenvalue weighted by atomic mass is 19.4. The number of piperidine rings is 1. The van der Waals surface area contributed by atoms with Crippen LogP contribution in [0.2, 0.25) is 0 Å². The van der Waals surface area contributed by atoms with Crippen molar-refractivity contribution in [3.63, 3.8) is 0 Å². The molecule has 2 saturated heterocycles. The minimum atomic E-state index is -4.74. The molecule has 0 unspecified atom stereocenters. The number of aryl methyl sites for hydroxylation is 1. The number of methoxy groups -OCH3 is 1. The molecule has 1 aromatic carbocycles. The third kappa shape index (κ3) is 7.40. The molecule has 12 heteroatoms. The Labute approximate surface area is 223 Å². The fourth-order valence-electron chi connectivity index (χ4n) is 5.29. The maximum Gasteiger partial charge on any atom is 0.451 e. The van der Waals surface area contributed by atoms with Crippen molar-refractivity contribution >= 4 is 17.4 Å². The lowest BCUT2D eigenvalue weighted by Crippen LogP contribution is -2.38. The SMILES string of the molecule is COCC1CCN(c2cc(N3CCC[C@H]3C(=O)CCCc3ccc(C(F)(F)F)cc3)nc(C(F)(F)F)n2)CC1. The Hall–Kier alpha value is -2.89. The monoisotopic (exact) mass is 558 g/mol. The molecule has 2 fully saturated rings. The molecule has 1 aromatic heterocycles. The van der Waals surface area contributed by atoms with Gasteiger partial charge >= 0.3 is 12.4 Å². The van der Waals surface area contributed by atoms with Gasteiger partial charge in [0.05, 0.1) is 11.6 Å². The highest BCUT2D eigenvalue weighted by Crippen LogP contribution is 2.34. The van der Waals surface area contributed by atoms with Gasteiger partial charge in [0.25, 0.3) is 0 Å². The van der Waals surface area contributed by atoms with Gasteiger partial charge in [-0.05, 0) is 62.1 Å². The molecule has 6 nitrogen and oxygen atoms in total. The normalized spacial score (nSPS) is 19.1. The lowest BCUT2D eigenvalue weighted by Gasteiger charge is -2.33. The van der Waals surface area contributed by atoms with Gasteiger partial charge in [-0.15, -0.1) is 0 Å². The molecule has 2 aliphatic rings. The Morgan fingerprint density at radius 2 is 1.62 bits per heavy atom. The minimum absolute atomic E-state index is 0.0879. The summed E-state index contributed by atoms with van der Waals surface area (Å²) in [6.07, 6.45) is -5.44. The third-order valence-corrected chi connectivity index (χ3v) is 7.38. The highest BCUT2D eigenvalue weighted by molar-refractivity contribution is 5.87. The molecule has 39 heavy (non-hydrogen) atoms. The van der Waals surface area contributed by atoms with Gasteiger partial charge < -0.3 is 14.5 Å². The summed E-state index contributed by atoms with van der Waals surface area (Å²) in [7, 11) is 1.63. The van der Waals surface area contributed by atoms with E-state index in [1.807, 2.05) is 4.90 Å². The average molecular weight is 559 g/mol. The average Bonchev–Trinajstić information content (AvgIpc) is 3.39. The molecule has 1 atom stereocenters. The van der Waals surface area contributed by atoms with Gasteiger partial charge in [-0.3, -0.25) is 4.79 Å². The number of ketones is 1. The van der Waals surface area contributed by atoms with Crippen LogP contribution in [0.4, 0.5) is 38.0 Å². The number of hydrogen-bond acceptors (Lipinski definition) is 6. The summed E-state index contributed by atoms with van der Waals surface area (Å²) in [5.74, 6) is -0.714. The van der Waals surface area contributed by atoms with Gasteiger partial charge in [0.15, 0.2) is 5.78 Å². The maximum atomic E-state index is 13.7. The number of carbonyl (C=O) groups is 1. The standard InChI is InChI=1S/C27H32F6N4O2/c1-39-17-19-11-14-36(15-12-19)23-16-24(35-25(34-23)27(31,32)33)37-13-3-5-21(37)22(38)6-2-4-18-7-9-20(10-8-18)26(28,29)30/h7-10,16,19,21H,2-6,11-15,17H2,1H3/t21-/m0/s1. The number of rotatable bonds is 9. The molecule has 2 aliphatic heterocycles.